The Bertz CT molecular complexity index is 1130. The Morgan fingerprint density at radius 2 is 1.68 bits per heavy atom. The van der Waals surface area contributed by atoms with Crippen molar-refractivity contribution in [2.75, 3.05) is 32.8 Å². The van der Waals surface area contributed by atoms with E-state index in [-0.39, 0.29) is 18.4 Å². The summed E-state index contributed by atoms with van der Waals surface area (Å²) >= 11 is 0. The SMILES string of the molecule is Cc1ccc(C(CNC(=O)Cc2c(C)nn(-c3nc(C)cc(C)n3)c2C)N2CCOCC2)cc1. The number of morpholine rings is 1. The van der Waals surface area contributed by atoms with Gasteiger partial charge in [-0.2, -0.15) is 5.10 Å². The van der Waals surface area contributed by atoms with Crippen LogP contribution in [0.1, 0.15) is 45.5 Å². The van der Waals surface area contributed by atoms with E-state index < -0.39 is 0 Å². The predicted octanol–water partition coefficient (Wildman–Crippen LogP) is 2.94. The number of hydrogen-bond donors (Lipinski definition) is 1. The lowest BCUT2D eigenvalue weighted by Gasteiger charge is -2.35. The zero-order valence-electron chi connectivity index (χ0n) is 20.8. The molecule has 0 spiro atoms. The zero-order valence-corrected chi connectivity index (χ0v) is 20.8. The number of aromatic nitrogens is 4. The van der Waals surface area contributed by atoms with Gasteiger partial charge in [-0.15, -0.1) is 0 Å². The van der Waals surface area contributed by atoms with Crippen LogP contribution in [0.5, 0.6) is 0 Å². The fourth-order valence-corrected chi connectivity index (χ4v) is 4.50. The Kier molecular flexibility index (Phi) is 7.38. The Morgan fingerprint density at radius 3 is 2.32 bits per heavy atom. The summed E-state index contributed by atoms with van der Waals surface area (Å²) < 4.78 is 7.28. The number of ether oxygens (including phenoxy) is 1. The number of aryl methyl sites for hydroxylation is 4. The molecule has 0 bridgehead atoms. The van der Waals surface area contributed by atoms with Crippen molar-refractivity contribution >= 4 is 5.91 Å². The van der Waals surface area contributed by atoms with Gasteiger partial charge in [0.05, 0.1) is 31.4 Å². The van der Waals surface area contributed by atoms with E-state index in [9.17, 15) is 4.79 Å². The summed E-state index contributed by atoms with van der Waals surface area (Å²) in [6.07, 6.45) is 0.270. The van der Waals surface area contributed by atoms with E-state index in [1.807, 2.05) is 33.8 Å². The maximum absolute atomic E-state index is 13.0. The Balaban J connectivity index is 1.48. The zero-order chi connectivity index (χ0) is 24.2. The molecule has 3 aromatic rings. The van der Waals surface area contributed by atoms with Gasteiger partial charge in [0, 0.05) is 42.3 Å². The molecule has 1 saturated heterocycles. The van der Waals surface area contributed by atoms with Gasteiger partial charge >= 0.3 is 0 Å². The average Bonchev–Trinajstić information content (AvgIpc) is 3.09. The first-order valence-electron chi connectivity index (χ1n) is 11.8. The third kappa shape index (κ3) is 5.51. The first kappa shape index (κ1) is 24.0. The van der Waals surface area contributed by atoms with Crippen LogP contribution in [0.15, 0.2) is 30.3 Å². The molecule has 1 N–H and O–H groups in total. The molecular weight excluding hydrogens is 428 g/mol. The van der Waals surface area contributed by atoms with Crippen molar-refractivity contribution in [3.05, 3.63) is 69.8 Å². The number of amides is 1. The fraction of sp³-hybridized carbons (Fsp3) is 0.462. The molecule has 4 rings (SSSR count). The molecule has 1 aliphatic rings. The molecule has 1 amide bonds. The second-order valence-electron chi connectivity index (χ2n) is 9.07. The molecule has 0 radical (unpaired) electrons. The highest BCUT2D eigenvalue weighted by Crippen LogP contribution is 2.22. The number of carbonyl (C=O) groups is 1. The second-order valence-corrected chi connectivity index (χ2v) is 9.07. The Hall–Kier alpha value is -3.10. The molecule has 0 aliphatic carbocycles. The van der Waals surface area contributed by atoms with Crippen molar-refractivity contribution in [2.45, 2.75) is 47.1 Å². The molecule has 1 aliphatic heterocycles. The first-order valence-corrected chi connectivity index (χ1v) is 11.8. The summed E-state index contributed by atoms with van der Waals surface area (Å²) in [5, 5.41) is 7.80. The molecule has 2 aromatic heterocycles. The summed E-state index contributed by atoms with van der Waals surface area (Å²) in [5.41, 5.74) is 6.83. The van der Waals surface area contributed by atoms with Gasteiger partial charge in [0.1, 0.15) is 0 Å². The van der Waals surface area contributed by atoms with E-state index in [1.165, 1.54) is 11.1 Å². The first-order chi connectivity index (χ1) is 16.3. The van der Waals surface area contributed by atoms with E-state index >= 15 is 0 Å². The van der Waals surface area contributed by atoms with E-state index in [4.69, 9.17) is 4.74 Å². The van der Waals surface area contributed by atoms with Crippen LogP contribution in [0.4, 0.5) is 0 Å². The molecule has 180 valence electrons. The van der Waals surface area contributed by atoms with Gasteiger partial charge < -0.3 is 10.1 Å². The number of benzene rings is 1. The van der Waals surface area contributed by atoms with Crippen LogP contribution in [0, 0.1) is 34.6 Å². The predicted molar refractivity (Wildman–Crippen MR) is 131 cm³/mol. The van der Waals surface area contributed by atoms with Gasteiger partial charge in [0.25, 0.3) is 5.95 Å². The van der Waals surface area contributed by atoms with E-state index in [0.717, 1.165) is 41.4 Å². The third-order valence-electron chi connectivity index (χ3n) is 6.38. The van der Waals surface area contributed by atoms with Crippen LogP contribution >= 0.6 is 0 Å². The molecule has 1 fully saturated rings. The standard InChI is InChI=1S/C26H34N6O2/c1-17-6-8-22(9-7-17)24(31-10-12-34-13-11-31)16-27-25(33)15-23-20(4)30-32(21(23)5)26-28-18(2)14-19(3)29-26/h6-9,14,24H,10-13,15-16H2,1-5H3,(H,27,33). The van der Waals surface area contributed by atoms with Crippen LogP contribution < -0.4 is 5.32 Å². The molecule has 34 heavy (non-hydrogen) atoms. The van der Waals surface area contributed by atoms with Crippen molar-refractivity contribution in [3.8, 4) is 5.95 Å². The summed E-state index contributed by atoms with van der Waals surface area (Å²) in [6.45, 7) is 13.6. The van der Waals surface area contributed by atoms with Gasteiger partial charge in [0.15, 0.2) is 0 Å². The number of nitrogens with zero attached hydrogens (tertiary/aromatic N) is 5. The summed E-state index contributed by atoms with van der Waals surface area (Å²) in [7, 11) is 0. The number of carbonyl (C=O) groups excluding carboxylic acids is 1. The van der Waals surface area contributed by atoms with Crippen LogP contribution in [0.2, 0.25) is 0 Å². The number of nitrogens with one attached hydrogen (secondary N) is 1. The van der Waals surface area contributed by atoms with Crippen molar-refractivity contribution in [2.24, 2.45) is 0 Å². The summed E-state index contributed by atoms with van der Waals surface area (Å²) in [6, 6.07) is 10.6. The van der Waals surface area contributed by atoms with Crippen molar-refractivity contribution < 1.29 is 9.53 Å². The van der Waals surface area contributed by atoms with Crippen LogP contribution in [-0.2, 0) is 16.0 Å². The highest BCUT2D eigenvalue weighted by atomic mass is 16.5. The number of hydrogen-bond acceptors (Lipinski definition) is 6. The van der Waals surface area contributed by atoms with Gasteiger partial charge in [-0.3, -0.25) is 9.69 Å². The van der Waals surface area contributed by atoms with Gasteiger partial charge in [-0.05, 0) is 46.2 Å². The highest BCUT2D eigenvalue weighted by Gasteiger charge is 2.24. The van der Waals surface area contributed by atoms with Crippen LogP contribution in [0.25, 0.3) is 5.95 Å². The highest BCUT2D eigenvalue weighted by molar-refractivity contribution is 5.79. The average molecular weight is 463 g/mol. The quantitative estimate of drug-likeness (QED) is 0.581. The van der Waals surface area contributed by atoms with Crippen molar-refractivity contribution in [1.82, 2.24) is 30.0 Å². The molecule has 1 atom stereocenters. The molecule has 0 saturated carbocycles. The third-order valence-corrected chi connectivity index (χ3v) is 6.38. The lowest BCUT2D eigenvalue weighted by atomic mass is 10.0. The van der Waals surface area contributed by atoms with Gasteiger partial charge in [-0.25, -0.2) is 14.6 Å². The second kappa shape index (κ2) is 10.4. The fourth-order valence-electron chi connectivity index (χ4n) is 4.50. The molecular formula is C26H34N6O2. The number of rotatable bonds is 7. The largest absolute Gasteiger partial charge is 0.379 e. The molecule has 3 heterocycles. The van der Waals surface area contributed by atoms with E-state index in [2.05, 4.69) is 56.5 Å². The topological polar surface area (TPSA) is 85.2 Å². The monoisotopic (exact) mass is 462 g/mol. The van der Waals surface area contributed by atoms with Gasteiger partial charge in [-0.1, -0.05) is 29.8 Å². The molecule has 1 unspecified atom stereocenters. The van der Waals surface area contributed by atoms with Crippen molar-refractivity contribution in [1.29, 1.82) is 0 Å². The lowest BCUT2D eigenvalue weighted by Crippen LogP contribution is -2.44. The summed E-state index contributed by atoms with van der Waals surface area (Å²) in [5.74, 6) is 0.522. The Labute approximate surface area is 201 Å². The van der Waals surface area contributed by atoms with E-state index in [0.29, 0.717) is 25.7 Å². The van der Waals surface area contributed by atoms with Crippen LogP contribution in [-0.4, -0.2) is 63.4 Å². The smallest absolute Gasteiger partial charge is 0.251 e. The molecule has 1 aromatic carbocycles. The summed E-state index contributed by atoms with van der Waals surface area (Å²) in [4.78, 5) is 24.5. The molecule has 8 heteroatoms. The maximum Gasteiger partial charge on any atom is 0.251 e. The van der Waals surface area contributed by atoms with Crippen molar-refractivity contribution in [3.63, 3.8) is 0 Å². The maximum atomic E-state index is 13.0. The normalized spacial score (nSPS) is 15.3. The van der Waals surface area contributed by atoms with E-state index in [1.54, 1.807) is 4.68 Å². The Morgan fingerprint density at radius 1 is 1.03 bits per heavy atom. The van der Waals surface area contributed by atoms with Crippen LogP contribution in [0.3, 0.4) is 0 Å². The molecule has 8 nitrogen and oxygen atoms in total. The minimum atomic E-state index is -0.0162. The van der Waals surface area contributed by atoms with Gasteiger partial charge in [0.2, 0.25) is 5.91 Å². The lowest BCUT2D eigenvalue weighted by molar-refractivity contribution is -0.120. The minimum absolute atomic E-state index is 0.0162. The minimum Gasteiger partial charge on any atom is -0.379 e.